The Morgan fingerprint density at radius 1 is 1.33 bits per heavy atom. The number of hydrogen-bond donors (Lipinski definition) is 1. The molecule has 1 N–H and O–H groups in total. The van der Waals surface area contributed by atoms with Gasteiger partial charge in [0.05, 0.1) is 6.54 Å². The minimum absolute atomic E-state index is 0.211. The van der Waals surface area contributed by atoms with Crippen molar-refractivity contribution in [3.63, 3.8) is 0 Å². The van der Waals surface area contributed by atoms with Crippen molar-refractivity contribution in [3.05, 3.63) is 29.3 Å². The van der Waals surface area contributed by atoms with Gasteiger partial charge in [0.15, 0.2) is 0 Å². The SMILES string of the molecule is CCN(C(=O)CNc1c(C)cccc1C)C1CC1. The molecule has 0 radical (unpaired) electrons. The van der Waals surface area contributed by atoms with Gasteiger partial charge in [0, 0.05) is 18.3 Å². The molecule has 1 aromatic carbocycles. The Balaban J connectivity index is 1.96. The predicted octanol–water partition coefficient (Wildman–Crippen LogP) is 2.73. The lowest BCUT2D eigenvalue weighted by Gasteiger charge is -2.21. The minimum Gasteiger partial charge on any atom is -0.376 e. The third kappa shape index (κ3) is 2.84. The number of likely N-dealkylation sites (N-methyl/N-ethyl adjacent to an activating group) is 1. The van der Waals surface area contributed by atoms with Crippen LogP contribution in [0.25, 0.3) is 0 Å². The molecule has 3 nitrogen and oxygen atoms in total. The summed E-state index contributed by atoms with van der Waals surface area (Å²) in [6, 6.07) is 6.68. The largest absolute Gasteiger partial charge is 0.376 e. The zero-order valence-electron chi connectivity index (χ0n) is 11.5. The van der Waals surface area contributed by atoms with Gasteiger partial charge in [0.2, 0.25) is 5.91 Å². The Labute approximate surface area is 109 Å². The molecule has 0 saturated heterocycles. The van der Waals surface area contributed by atoms with Crippen molar-refractivity contribution in [1.29, 1.82) is 0 Å². The van der Waals surface area contributed by atoms with E-state index in [-0.39, 0.29) is 5.91 Å². The molecule has 1 aliphatic rings. The number of benzene rings is 1. The monoisotopic (exact) mass is 246 g/mol. The Bertz CT molecular complexity index is 418. The van der Waals surface area contributed by atoms with Crippen molar-refractivity contribution >= 4 is 11.6 Å². The number of carbonyl (C=O) groups is 1. The average molecular weight is 246 g/mol. The van der Waals surface area contributed by atoms with Crippen molar-refractivity contribution < 1.29 is 4.79 Å². The molecule has 0 aliphatic heterocycles. The molecule has 0 spiro atoms. The summed E-state index contributed by atoms with van der Waals surface area (Å²) in [4.78, 5) is 14.1. The first-order chi connectivity index (χ1) is 8.63. The average Bonchev–Trinajstić information content (AvgIpc) is 3.14. The summed E-state index contributed by atoms with van der Waals surface area (Å²) < 4.78 is 0. The number of amides is 1. The molecule has 1 saturated carbocycles. The quantitative estimate of drug-likeness (QED) is 0.866. The summed E-state index contributed by atoms with van der Waals surface area (Å²) in [6.45, 7) is 7.40. The number of para-hydroxylation sites is 1. The van der Waals surface area contributed by atoms with Crippen LogP contribution in [0.3, 0.4) is 0 Å². The van der Waals surface area contributed by atoms with Crippen molar-refractivity contribution in [2.24, 2.45) is 0 Å². The lowest BCUT2D eigenvalue weighted by atomic mass is 10.1. The van der Waals surface area contributed by atoms with Crippen molar-refractivity contribution in [3.8, 4) is 0 Å². The summed E-state index contributed by atoms with van der Waals surface area (Å²) in [5, 5.41) is 3.29. The van der Waals surface area contributed by atoms with Crippen LogP contribution in [0.4, 0.5) is 5.69 Å². The van der Waals surface area contributed by atoms with Gasteiger partial charge in [0.1, 0.15) is 0 Å². The zero-order valence-corrected chi connectivity index (χ0v) is 11.5. The molecule has 0 aromatic heterocycles. The summed E-state index contributed by atoms with van der Waals surface area (Å²) >= 11 is 0. The van der Waals surface area contributed by atoms with Crippen LogP contribution in [-0.2, 0) is 4.79 Å². The maximum atomic E-state index is 12.1. The topological polar surface area (TPSA) is 32.3 Å². The number of nitrogens with one attached hydrogen (secondary N) is 1. The van der Waals surface area contributed by atoms with Gasteiger partial charge in [-0.3, -0.25) is 4.79 Å². The van der Waals surface area contributed by atoms with Crippen LogP contribution < -0.4 is 5.32 Å². The van der Waals surface area contributed by atoms with E-state index in [0.717, 1.165) is 12.2 Å². The molecule has 0 unspecified atom stereocenters. The van der Waals surface area contributed by atoms with Crippen LogP contribution in [0.15, 0.2) is 18.2 Å². The van der Waals surface area contributed by atoms with Gasteiger partial charge >= 0.3 is 0 Å². The summed E-state index contributed by atoms with van der Waals surface area (Å²) in [5.41, 5.74) is 3.48. The molecule has 2 rings (SSSR count). The van der Waals surface area contributed by atoms with Crippen molar-refractivity contribution in [2.75, 3.05) is 18.4 Å². The molecule has 98 valence electrons. The molecule has 18 heavy (non-hydrogen) atoms. The second-order valence-corrected chi connectivity index (χ2v) is 5.03. The van der Waals surface area contributed by atoms with E-state index in [2.05, 4.69) is 38.2 Å². The number of anilines is 1. The standard InChI is InChI=1S/C15H22N2O/c1-4-17(13-8-9-13)14(18)10-16-15-11(2)6-5-7-12(15)3/h5-7,13,16H,4,8-10H2,1-3H3. The van der Waals surface area contributed by atoms with E-state index in [0.29, 0.717) is 12.6 Å². The van der Waals surface area contributed by atoms with Gasteiger partial charge in [0.25, 0.3) is 0 Å². The third-order valence-corrected chi connectivity index (χ3v) is 3.55. The van der Waals surface area contributed by atoms with E-state index in [1.165, 1.54) is 24.0 Å². The highest BCUT2D eigenvalue weighted by atomic mass is 16.2. The van der Waals surface area contributed by atoms with E-state index < -0.39 is 0 Å². The highest BCUT2D eigenvalue weighted by molar-refractivity contribution is 5.82. The van der Waals surface area contributed by atoms with E-state index in [9.17, 15) is 4.79 Å². The molecular weight excluding hydrogens is 224 g/mol. The lowest BCUT2D eigenvalue weighted by molar-refractivity contribution is -0.129. The fourth-order valence-electron chi connectivity index (χ4n) is 2.38. The normalized spacial score (nSPS) is 14.4. The Morgan fingerprint density at radius 2 is 1.94 bits per heavy atom. The van der Waals surface area contributed by atoms with E-state index >= 15 is 0 Å². The third-order valence-electron chi connectivity index (χ3n) is 3.55. The molecule has 3 heteroatoms. The number of rotatable bonds is 5. The number of aryl methyl sites for hydroxylation is 2. The van der Waals surface area contributed by atoms with Crippen molar-refractivity contribution in [1.82, 2.24) is 4.90 Å². The highest BCUT2D eigenvalue weighted by Gasteiger charge is 2.30. The molecule has 1 fully saturated rings. The van der Waals surface area contributed by atoms with Gasteiger partial charge < -0.3 is 10.2 Å². The summed E-state index contributed by atoms with van der Waals surface area (Å²) in [6.07, 6.45) is 2.34. The number of hydrogen-bond acceptors (Lipinski definition) is 2. The predicted molar refractivity (Wildman–Crippen MR) is 74.8 cm³/mol. The Hall–Kier alpha value is -1.51. The van der Waals surface area contributed by atoms with Gasteiger partial charge in [-0.1, -0.05) is 18.2 Å². The maximum Gasteiger partial charge on any atom is 0.242 e. The molecule has 1 aliphatic carbocycles. The van der Waals surface area contributed by atoms with E-state index in [4.69, 9.17) is 0 Å². The van der Waals surface area contributed by atoms with E-state index in [1.54, 1.807) is 0 Å². The fraction of sp³-hybridized carbons (Fsp3) is 0.533. The molecule has 0 bridgehead atoms. The van der Waals surface area contributed by atoms with Crippen LogP contribution in [0.2, 0.25) is 0 Å². The van der Waals surface area contributed by atoms with Crippen LogP contribution in [-0.4, -0.2) is 29.9 Å². The highest BCUT2D eigenvalue weighted by Crippen LogP contribution is 2.26. The summed E-state index contributed by atoms with van der Waals surface area (Å²) in [5.74, 6) is 0.211. The van der Waals surface area contributed by atoms with Gasteiger partial charge in [-0.15, -0.1) is 0 Å². The second kappa shape index (κ2) is 5.42. The smallest absolute Gasteiger partial charge is 0.242 e. The Kier molecular flexibility index (Phi) is 3.90. The molecule has 0 atom stereocenters. The van der Waals surface area contributed by atoms with Crippen LogP contribution in [0.5, 0.6) is 0 Å². The van der Waals surface area contributed by atoms with Crippen LogP contribution >= 0.6 is 0 Å². The van der Waals surface area contributed by atoms with Gasteiger partial charge in [-0.25, -0.2) is 0 Å². The number of carbonyl (C=O) groups excluding carboxylic acids is 1. The van der Waals surface area contributed by atoms with Crippen molar-refractivity contribution in [2.45, 2.75) is 39.7 Å². The molecule has 1 amide bonds. The Morgan fingerprint density at radius 3 is 2.44 bits per heavy atom. The second-order valence-electron chi connectivity index (χ2n) is 5.03. The fourth-order valence-corrected chi connectivity index (χ4v) is 2.38. The lowest BCUT2D eigenvalue weighted by Crippen LogP contribution is -2.37. The zero-order chi connectivity index (χ0) is 13.1. The maximum absolute atomic E-state index is 12.1. The summed E-state index contributed by atoms with van der Waals surface area (Å²) in [7, 11) is 0. The van der Waals surface area contributed by atoms with E-state index in [1.807, 2.05) is 11.0 Å². The first-order valence-corrected chi connectivity index (χ1v) is 6.73. The van der Waals surface area contributed by atoms with Gasteiger partial charge in [-0.2, -0.15) is 0 Å². The first-order valence-electron chi connectivity index (χ1n) is 6.73. The molecule has 0 heterocycles. The molecular formula is C15H22N2O. The number of nitrogens with zero attached hydrogens (tertiary/aromatic N) is 1. The van der Waals surface area contributed by atoms with Crippen LogP contribution in [0.1, 0.15) is 30.9 Å². The van der Waals surface area contributed by atoms with Gasteiger partial charge in [-0.05, 0) is 44.7 Å². The van der Waals surface area contributed by atoms with Crippen LogP contribution in [0, 0.1) is 13.8 Å². The minimum atomic E-state index is 0.211. The molecule has 1 aromatic rings. The first kappa shape index (κ1) is 12.9.